The standard InChI is InChI=1S/C23H25N7O4S/c1-2-13-34-18-7-6-16(14-17(18)21-27-22-20(23(31)28-21)25-15-26-22)35(32,33)30-11-9-29(10-12-30)19-5-3-4-8-24-19/h3-8,14-15H,2,9-13H2,1H3,(H2,25,26,27,28,31). The highest BCUT2D eigenvalue weighted by Crippen LogP contribution is 2.32. The van der Waals surface area contributed by atoms with Gasteiger partial charge in [0.05, 0.1) is 23.4 Å². The lowest BCUT2D eigenvalue weighted by Gasteiger charge is -2.34. The Morgan fingerprint density at radius 1 is 1.09 bits per heavy atom. The number of pyridine rings is 1. The van der Waals surface area contributed by atoms with Gasteiger partial charge in [0, 0.05) is 32.4 Å². The summed E-state index contributed by atoms with van der Waals surface area (Å²) in [6.07, 6.45) is 3.87. The van der Waals surface area contributed by atoms with Crippen LogP contribution < -0.4 is 15.2 Å². The van der Waals surface area contributed by atoms with Crippen LogP contribution >= 0.6 is 0 Å². The number of piperazine rings is 1. The minimum Gasteiger partial charge on any atom is -0.493 e. The second-order valence-corrected chi connectivity index (χ2v) is 10.0. The Morgan fingerprint density at radius 3 is 2.66 bits per heavy atom. The Balaban J connectivity index is 1.47. The lowest BCUT2D eigenvalue weighted by Crippen LogP contribution is -2.48. The van der Waals surface area contributed by atoms with Gasteiger partial charge in [-0.3, -0.25) is 4.79 Å². The van der Waals surface area contributed by atoms with E-state index in [0.717, 1.165) is 12.2 Å². The van der Waals surface area contributed by atoms with E-state index < -0.39 is 15.6 Å². The first-order chi connectivity index (χ1) is 17.0. The Morgan fingerprint density at radius 2 is 1.91 bits per heavy atom. The van der Waals surface area contributed by atoms with Gasteiger partial charge in [0.1, 0.15) is 17.4 Å². The molecule has 2 N–H and O–H groups in total. The molecule has 0 atom stereocenters. The van der Waals surface area contributed by atoms with E-state index in [9.17, 15) is 13.2 Å². The third-order valence-corrected chi connectivity index (χ3v) is 7.71. The monoisotopic (exact) mass is 495 g/mol. The molecule has 0 saturated carbocycles. The van der Waals surface area contributed by atoms with Gasteiger partial charge in [-0.15, -0.1) is 0 Å². The molecule has 182 valence electrons. The smallest absolute Gasteiger partial charge is 0.277 e. The van der Waals surface area contributed by atoms with Crippen LogP contribution in [0.4, 0.5) is 5.82 Å². The van der Waals surface area contributed by atoms with Crippen LogP contribution in [0, 0.1) is 0 Å². The van der Waals surface area contributed by atoms with Crippen LogP contribution in [0.1, 0.15) is 13.3 Å². The van der Waals surface area contributed by atoms with Crippen molar-refractivity contribution in [2.45, 2.75) is 18.2 Å². The maximum absolute atomic E-state index is 13.5. The fourth-order valence-electron chi connectivity index (χ4n) is 4.01. The average Bonchev–Trinajstić information content (AvgIpc) is 3.37. The summed E-state index contributed by atoms with van der Waals surface area (Å²) in [7, 11) is -3.79. The van der Waals surface area contributed by atoms with Gasteiger partial charge in [0.15, 0.2) is 11.2 Å². The van der Waals surface area contributed by atoms with Crippen molar-refractivity contribution in [3.8, 4) is 17.1 Å². The van der Waals surface area contributed by atoms with E-state index in [2.05, 4.69) is 29.8 Å². The second kappa shape index (κ2) is 9.47. The van der Waals surface area contributed by atoms with Crippen molar-refractivity contribution < 1.29 is 13.2 Å². The molecular weight excluding hydrogens is 470 g/mol. The molecule has 35 heavy (non-hydrogen) atoms. The number of aromatic nitrogens is 5. The minimum absolute atomic E-state index is 0.104. The molecule has 5 rings (SSSR count). The molecule has 0 bridgehead atoms. The lowest BCUT2D eigenvalue weighted by molar-refractivity contribution is 0.318. The van der Waals surface area contributed by atoms with Crippen molar-refractivity contribution in [1.29, 1.82) is 0 Å². The highest BCUT2D eigenvalue weighted by Gasteiger charge is 2.30. The molecular formula is C23H25N7O4S. The van der Waals surface area contributed by atoms with Crippen LogP contribution in [-0.2, 0) is 10.0 Å². The van der Waals surface area contributed by atoms with Gasteiger partial charge < -0.3 is 19.6 Å². The van der Waals surface area contributed by atoms with Crippen molar-refractivity contribution in [3.05, 3.63) is 59.3 Å². The number of anilines is 1. The normalized spacial score (nSPS) is 14.9. The van der Waals surface area contributed by atoms with E-state index in [0.29, 0.717) is 44.1 Å². The van der Waals surface area contributed by atoms with Crippen molar-refractivity contribution in [1.82, 2.24) is 29.2 Å². The Bertz CT molecular complexity index is 1490. The lowest BCUT2D eigenvalue weighted by atomic mass is 10.2. The summed E-state index contributed by atoms with van der Waals surface area (Å²) >= 11 is 0. The number of nitrogens with zero attached hydrogens (tertiary/aromatic N) is 5. The number of aromatic amines is 2. The van der Waals surface area contributed by atoms with Gasteiger partial charge in [-0.25, -0.2) is 23.4 Å². The zero-order valence-electron chi connectivity index (χ0n) is 19.1. The fourth-order valence-corrected chi connectivity index (χ4v) is 5.46. The zero-order chi connectivity index (χ0) is 24.4. The number of rotatable bonds is 7. The molecule has 0 amide bonds. The first kappa shape index (κ1) is 23.0. The topological polar surface area (TPSA) is 137 Å². The maximum Gasteiger partial charge on any atom is 0.277 e. The van der Waals surface area contributed by atoms with E-state index in [1.54, 1.807) is 12.3 Å². The number of benzene rings is 1. The molecule has 1 fully saturated rings. The highest BCUT2D eigenvalue weighted by molar-refractivity contribution is 7.89. The van der Waals surface area contributed by atoms with Crippen LogP contribution in [0.2, 0.25) is 0 Å². The molecule has 1 saturated heterocycles. The maximum atomic E-state index is 13.5. The van der Waals surface area contributed by atoms with Gasteiger partial charge in [-0.05, 0) is 36.8 Å². The van der Waals surface area contributed by atoms with Crippen molar-refractivity contribution >= 4 is 27.0 Å². The number of hydrogen-bond donors (Lipinski definition) is 2. The SMILES string of the molecule is CCCOc1ccc(S(=O)(=O)N2CCN(c3ccccn3)CC2)cc1-c1nc2nc[nH]c2c(=O)[nH]1. The molecule has 4 heterocycles. The predicted octanol–water partition coefficient (Wildman–Crippen LogP) is 2.01. The molecule has 0 unspecified atom stereocenters. The van der Waals surface area contributed by atoms with Crippen molar-refractivity contribution in [2.24, 2.45) is 0 Å². The minimum atomic E-state index is -3.79. The van der Waals surface area contributed by atoms with Gasteiger partial charge >= 0.3 is 0 Å². The second-order valence-electron chi connectivity index (χ2n) is 8.10. The van der Waals surface area contributed by atoms with Gasteiger partial charge in [-0.2, -0.15) is 4.31 Å². The summed E-state index contributed by atoms with van der Waals surface area (Å²) in [5.41, 5.74) is 0.472. The summed E-state index contributed by atoms with van der Waals surface area (Å²) in [4.78, 5) is 33.0. The third kappa shape index (κ3) is 4.49. The van der Waals surface area contributed by atoms with Crippen LogP contribution in [-0.4, -0.2) is 70.4 Å². The molecule has 11 nitrogen and oxygen atoms in total. The number of fused-ring (bicyclic) bond motifs is 1. The fraction of sp³-hybridized carbons (Fsp3) is 0.304. The zero-order valence-corrected chi connectivity index (χ0v) is 20.0. The van der Waals surface area contributed by atoms with E-state index in [4.69, 9.17) is 4.74 Å². The Labute approximate surface area is 201 Å². The van der Waals surface area contributed by atoms with Gasteiger partial charge in [-0.1, -0.05) is 13.0 Å². The number of H-pyrrole nitrogens is 2. The summed E-state index contributed by atoms with van der Waals surface area (Å²) < 4.78 is 34.3. The molecule has 0 aliphatic carbocycles. The summed E-state index contributed by atoms with van der Waals surface area (Å²) in [5.74, 6) is 1.45. The summed E-state index contributed by atoms with van der Waals surface area (Å²) in [6.45, 7) is 4.13. The summed E-state index contributed by atoms with van der Waals surface area (Å²) in [6, 6.07) is 10.3. The summed E-state index contributed by atoms with van der Waals surface area (Å²) in [5, 5.41) is 0. The number of nitrogens with one attached hydrogen (secondary N) is 2. The third-order valence-electron chi connectivity index (χ3n) is 5.81. The molecule has 3 aromatic heterocycles. The molecule has 1 aromatic carbocycles. The van der Waals surface area contributed by atoms with Crippen LogP contribution in [0.25, 0.3) is 22.6 Å². The molecule has 1 aliphatic heterocycles. The van der Waals surface area contributed by atoms with Gasteiger partial charge in [0.2, 0.25) is 10.0 Å². The number of sulfonamides is 1. The number of imidazole rings is 1. The Hall–Kier alpha value is -3.77. The van der Waals surface area contributed by atoms with E-state index in [1.165, 1.54) is 22.8 Å². The average molecular weight is 496 g/mol. The largest absolute Gasteiger partial charge is 0.493 e. The first-order valence-corrected chi connectivity index (χ1v) is 12.8. The van der Waals surface area contributed by atoms with E-state index in [-0.39, 0.29) is 21.9 Å². The van der Waals surface area contributed by atoms with Crippen molar-refractivity contribution in [3.63, 3.8) is 0 Å². The molecule has 0 radical (unpaired) electrons. The predicted molar refractivity (Wildman–Crippen MR) is 131 cm³/mol. The van der Waals surface area contributed by atoms with E-state index in [1.807, 2.05) is 25.1 Å². The Kier molecular flexibility index (Phi) is 6.22. The highest BCUT2D eigenvalue weighted by atomic mass is 32.2. The van der Waals surface area contributed by atoms with E-state index >= 15 is 0 Å². The molecule has 0 spiro atoms. The number of hydrogen-bond acceptors (Lipinski definition) is 8. The van der Waals surface area contributed by atoms with Gasteiger partial charge in [0.25, 0.3) is 5.56 Å². The van der Waals surface area contributed by atoms with Crippen LogP contribution in [0.5, 0.6) is 5.75 Å². The number of ether oxygens (including phenoxy) is 1. The van der Waals surface area contributed by atoms with Crippen LogP contribution in [0.15, 0.2) is 58.6 Å². The molecule has 4 aromatic rings. The quantitative estimate of drug-likeness (QED) is 0.397. The first-order valence-electron chi connectivity index (χ1n) is 11.3. The van der Waals surface area contributed by atoms with Crippen molar-refractivity contribution in [2.75, 3.05) is 37.7 Å². The van der Waals surface area contributed by atoms with Crippen LogP contribution in [0.3, 0.4) is 0 Å². The molecule has 12 heteroatoms. The molecule has 1 aliphatic rings.